The third-order valence-corrected chi connectivity index (χ3v) is 4.27. The van der Waals surface area contributed by atoms with Gasteiger partial charge in [0.05, 0.1) is 0 Å². The van der Waals surface area contributed by atoms with Crippen LogP contribution in [0.25, 0.3) is 10.8 Å². The Morgan fingerprint density at radius 2 is 1.33 bits per heavy atom. The van der Waals surface area contributed by atoms with Gasteiger partial charge in [-0.15, -0.1) is 0 Å². The molecule has 2 radical (unpaired) electrons. The Hall–Kier alpha value is 0.320. The smallest absolute Gasteiger partial charge is 0.298 e. The third kappa shape index (κ3) is 4.64. The second kappa shape index (κ2) is 7.26. The minimum Gasteiger partial charge on any atom is -0.506 e. The fourth-order valence-corrected chi connectivity index (χ4v) is 2.99. The summed E-state index contributed by atoms with van der Waals surface area (Å²) in [6.45, 7) is 0. The van der Waals surface area contributed by atoms with E-state index in [0.29, 0.717) is 0 Å². The minimum absolute atomic E-state index is 0. The number of benzene rings is 2. The number of phenolic OH excluding ortho intramolecular Hbond substituents is 1. The molecule has 0 aromatic heterocycles. The average Bonchev–Trinajstić information content (AvgIpc) is 2.24. The van der Waals surface area contributed by atoms with E-state index in [2.05, 4.69) is 0 Å². The summed E-state index contributed by atoms with van der Waals surface area (Å²) in [5.41, 5.74) is 0. The summed E-state index contributed by atoms with van der Waals surface area (Å²) in [6, 6.07) is 5.56. The number of hydrogen-bond acceptors (Lipinski definition) is 5. The quantitative estimate of drug-likeness (QED) is 0.524. The van der Waals surface area contributed by atoms with Gasteiger partial charge in [0.2, 0.25) is 0 Å². The first-order chi connectivity index (χ1) is 8.60. The molecule has 21 heavy (non-hydrogen) atoms. The predicted molar refractivity (Wildman–Crippen MR) is 76.8 cm³/mol. The standard InChI is InChI=1S/C10H8O7S2.2Na/c11-8-4-6-2-1-3-9(18(12,13)14)7(6)5-10(8)19(15,16)17;;/h1-5,11H,(H,12,13,14)(H,15,16,17);;. The molecule has 0 heterocycles. The van der Waals surface area contributed by atoms with E-state index >= 15 is 0 Å². The molecule has 0 spiro atoms. The van der Waals surface area contributed by atoms with Crippen LogP contribution >= 0.6 is 0 Å². The van der Waals surface area contributed by atoms with Gasteiger partial charge in [0.15, 0.2) is 0 Å². The van der Waals surface area contributed by atoms with Gasteiger partial charge in [-0.1, -0.05) is 12.1 Å². The second-order valence-corrected chi connectivity index (χ2v) is 6.53. The largest absolute Gasteiger partial charge is 0.506 e. The molecule has 104 valence electrons. The SMILES string of the molecule is O=S(=O)(O)c1cc2c(S(=O)(=O)O)cccc2cc1O.[Na].[Na]. The first kappa shape index (κ1) is 21.3. The zero-order chi connectivity index (χ0) is 14.4. The van der Waals surface area contributed by atoms with Crippen molar-refractivity contribution in [3.63, 3.8) is 0 Å². The molecule has 0 aliphatic carbocycles. The molecule has 2 aromatic rings. The van der Waals surface area contributed by atoms with E-state index in [1.165, 1.54) is 12.1 Å². The molecule has 7 nitrogen and oxygen atoms in total. The molecule has 0 saturated heterocycles. The second-order valence-electron chi connectivity index (χ2n) is 3.75. The predicted octanol–water partition coefficient (Wildman–Crippen LogP) is 0.277. The van der Waals surface area contributed by atoms with E-state index in [1.807, 2.05) is 0 Å². The summed E-state index contributed by atoms with van der Waals surface area (Å²) in [7, 11) is -9.28. The van der Waals surface area contributed by atoms with Crippen LogP contribution in [-0.2, 0) is 20.2 Å². The van der Waals surface area contributed by atoms with Gasteiger partial charge >= 0.3 is 0 Å². The topological polar surface area (TPSA) is 129 Å². The van der Waals surface area contributed by atoms with E-state index in [4.69, 9.17) is 9.11 Å². The van der Waals surface area contributed by atoms with Crippen molar-refractivity contribution in [3.05, 3.63) is 30.3 Å². The van der Waals surface area contributed by atoms with Crippen molar-refractivity contribution in [1.82, 2.24) is 0 Å². The van der Waals surface area contributed by atoms with Crippen molar-refractivity contribution in [2.75, 3.05) is 0 Å². The van der Waals surface area contributed by atoms with Crippen molar-refractivity contribution in [3.8, 4) is 5.75 Å². The van der Waals surface area contributed by atoms with Crippen LogP contribution in [0.1, 0.15) is 0 Å². The summed E-state index contributed by atoms with van der Waals surface area (Å²) in [5, 5.41) is 9.55. The third-order valence-electron chi connectivity index (χ3n) is 2.48. The summed E-state index contributed by atoms with van der Waals surface area (Å²) in [5.74, 6) is -0.720. The van der Waals surface area contributed by atoms with Gasteiger partial charge in [-0.25, -0.2) is 0 Å². The van der Waals surface area contributed by atoms with Crippen LogP contribution < -0.4 is 0 Å². The van der Waals surface area contributed by atoms with E-state index in [9.17, 15) is 21.9 Å². The Labute approximate surface area is 165 Å². The van der Waals surface area contributed by atoms with Gasteiger partial charge in [-0.3, -0.25) is 9.11 Å². The van der Waals surface area contributed by atoms with Crippen LogP contribution in [-0.4, -0.2) is 90.2 Å². The molecule has 3 N–H and O–H groups in total. The Morgan fingerprint density at radius 3 is 1.81 bits per heavy atom. The van der Waals surface area contributed by atoms with Crippen molar-refractivity contribution < 1.29 is 31.0 Å². The van der Waals surface area contributed by atoms with Gasteiger partial charge < -0.3 is 5.11 Å². The van der Waals surface area contributed by atoms with E-state index < -0.39 is 35.8 Å². The molecular formula is C10H8Na2O7S2. The van der Waals surface area contributed by atoms with E-state index in [1.54, 1.807) is 0 Å². The van der Waals surface area contributed by atoms with Crippen LogP contribution in [0.4, 0.5) is 0 Å². The maximum Gasteiger partial charge on any atom is 0.298 e. The van der Waals surface area contributed by atoms with Crippen molar-refractivity contribution in [2.24, 2.45) is 0 Å². The molecule has 0 aliphatic heterocycles. The fourth-order valence-electron chi connectivity index (χ4n) is 1.70. The molecule has 0 saturated carbocycles. The Bertz CT molecular complexity index is 876. The first-order valence-corrected chi connectivity index (χ1v) is 7.69. The van der Waals surface area contributed by atoms with Crippen molar-refractivity contribution >= 4 is 90.1 Å². The van der Waals surface area contributed by atoms with Gasteiger partial charge in [0.25, 0.3) is 20.2 Å². The molecule has 0 aliphatic rings. The molecular weight excluding hydrogens is 342 g/mol. The fraction of sp³-hybridized carbons (Fsp3) is 0. The number of hydrogen-bond donors (Lipinski definition) is 3. The molecule has 11 heteroatoms. The van der Waals surface area contributed by atoms with E-state index in [-0.39, 0.29) is 69.9 Å². The van der Waals surface area contributed by atoms with Crippen LogP contribution in [0.2, 0.25) is 0 Å². The van der Waals surface area contributed by atoms with Crippen LogP contribution in [0, 0.1) is 0 Å². The zero-order valence-electron chi connectivity index (χ0n) is 11.2. The maximum atomic E-state index is 11.2. The monoisotopic (exact) mass is 350 g/mol. The maximum absolute atomic E-state index is 11.2. The normalized spacial score (nSPS) is 11.5. The summed E-state index contributed by atoms with van der Waals surface area (Å²) >= 11 is 0. The summed E-state index contributed by atoms with van der Waals surface area (Å²) in [4.78, 5) is -1.36. The van der Waals surface area contributed by atoms with Gasteiger partial charge in [0, 0.05) is 64.5 Å². The number of aromatic hydroxyl groups is 1. The number of phenols is 1. The Balaban J connectivity index is 0.00000200. The summed E-state index contributed by atoms with van der Waals surface area (Å²) < 4.78 is 62.4. The molecule has 2 rings (SSSR count). The molecule has 0 bridgehead atoms. The van der Waals surface area contributed by atoms with Crippen molar-refractivity contribution in [1.29, 1.82) is 0 Å². The number of rotatable bonds is 2. The first-order valence-electron chi connectivity index (χ1n) is 4.81. The Morgan fingerprint density at radius 1 is 0.810 bits per heavy atom. The number of fused-ring (bicyclic) bond motifs is 1. The van der Waals surface area contributed by atoms with Gasteiger partial charge in [0.1, 0.15) is 15.5 Å². The Kier molecular flexibility index (Phi) is 7.37. The van der Waals surface area contributed by atoms with E-state index in [0.717, 1.165) is 18.2 Å². The molecule has 0 atom stereocenters. The van der Waals surface area contributed by atoms with Crippen LogP contribution in [0.5, 0.6) is 5.75 Å². The van der Waals surface area contributed by atoms with Crippen LogP contribution in [0.15, 0.2) is 40.1 Å². The molecule has 0 unspecified atom stereocenters. The van der Waals surface area contributed by atoms with Gasteiger partial charge in [-0.05, 0) is 23.6 Å². The zero-order valence-corrected chi connectivity index (χ0v) is 16.8. The van der Waals surface area contributed by atoms with Crippen LogP contribution in [0.3, 0.4) is 0 Å². The van der Waals surface area contributed by atoms with Crippen molar-refractivity contribution in [2.45, 2.75) is 9.79 Å². The van der Waals surface area contributed by atoms with Gasteiger partial charge in [-0.2, -0.15) is 16.8 Å². The average molecular weight is 350 g/mol. The minimum atomic E-state index is -4.71. The molecule has 0 fully saturated rings. The molecule has 0 amide bonds. The summed E-state index contributed by atoms with van der Waals surface area (Å²) in [6.07, 6.45) is 0. The molecule has 2 aromatic carbocycles.